The number of hydrogen-bond donors (Lipinski definition) is 1. The van der Waals surface area contributed by atoms with E-state index in [9.17, 15) is 5.11 Å². The Morgan fingerprint density at radius 1 is 1.23 bits per heavy atom. The van der Waals surface area contributed by atoms with Crippen molar-refractivity contribution >= 4 is 12.4 Å². The van der Waals surface area contributed by atoms with Gasteiger partial charge in [-0.1, -0.05) is 20.8 Å². The van der Waals surface area contributed by atoms with Crippen LogP contribution >= 0.6 is 12.4 Å². The van der Waals surface area contributed by atoms with E-state index >= 15 is 0 Å². The molecule has 1 fully saturated rings. The van der Waals surface area contributed by atoms with Crippen molar-refractivity contribution in [2.24, 2.45) is 0 Å². The topological polar surface area (TPSA) is 51.2 Å². The lowest BCUT2D eigenvalue weighted by Crippen LogP contribution is -2.48. The predicted octanol–water partition coefficient (Wildman–Crippen LogP) is 3.26. The molecule has 150 valence electrons. The van der Waals surface area contributed by atoms with Gasteiger partial charge in [0.05, 0.1) is 19.3 Å². The lowest BCUT2D eigenvalue weighted by Gasteiger charge is -2.36. The lowest BCUT2D eigenvalue weighted by atomic mass is 9.86. The van der Waals surface area contributed by atoms with Gasteiger partial charge in [-0.2, -0.15) is 0 Å². The predicted molar refractivity (Wildman–Crippen MR) is 107 cm³/mol. The summed E-state index contributed by atoms with van der Waals surface area (Å²) in [6.45, 7) is 13.1. The number of benzene rings is 1. The van der Waals surface area contributed by atoms with Gasteiger partial charge in [0.25, 0.3) is 0 Å². The first-order valence-corrected chi connectivity index (χ1v) is 9.06. The summed E-state index contributed by atoms with van der Waals surface area (Å²) < 4.78 is 17.0. The molecule has 1 aliphatic rings. The van der Waals surface area contributed by atoms with Crippen molar-refractivity contribution in [2.45, 2.75) is 58.3 Å². The maximum atomic E-state index is 10.4. The van der Waals surface area contributed by atoms with Gasteiger partial charge in [0.1, 0.15) is 24.2 Å². The molecule has 1 aromatic rings. The van der Waals surface area contributed by atoms with Gasteiger partial charge in [-0.05, 0) is 37.5 Å². The largest absolute Gasteiger partial charge is 0.497 e. The first kappa shape index (κ1) is 23.0. The third kappa shape index (κ3) is 6.62. The van der Waals surface area contributed by atoms with E-state index in [1.807, 2.05) is 18.2 Å². The summed E-state index contributed by atoms with van der Waals surface area (Å²) in [5.74, 6) is 1.62. The van der Waals surface area contributed by atoms with Crippen molar-refractivity contribution in [3.05, 3.63) is 23.8 Å². The molecule has 3 atom stereocenters. The molecule has 1 saturated heterocycles. The standard InChI is InChI=1S/C20H33NO4.ClH/c1-14-10-21(11-15(2)25-14)12-16(22)13-24-19-8-7-17(23-6)9-18(19)20(3,4)5;/h7-9,14-16,22H,10-13H2,1-6H3;1H. The maximum Gasteiger partial charge on any atom is 0.123 e. The molecule has 1 aromatic carbocycles. The number of ether oxygens (including phenoxy) is 3. The Morgan fingerprint density at radius 3 is 2.38 bits per heavy atom. The van der Waals surface area contributed by atoms with Crippen LogP contribution in [-0.2, 0) is 10.2 Å². The fourth-order valence-electron chi connectivity index (χ4n) is 3.32. The van der Waals surface area contributed by atoms with Crippen molar-refractivity contribution in [2.75, 3.05) is 33.4 Å². The molecule has 2 rings (SSSR count). The van der Waals surface area contributed by atoms with Crippen molar-refractivity contribution in [1.29, 1.82) is 0 Å². The summed E-state index contributed by atoms with van der Waals surface area (Å²) >= 11 is 0. The molecule has 1 heterocycles. The first-order chi connectivity index (χ1) is 11.7. The zero-order valence-corrected chi connectivity index (χ0v) is 17.6. The fraction of sp³-hybridized carbons (Fsp3) is 0.700. The number of methoxy groups -OCH3 is 1. The fourth-order valence-corrected chi connectivity index (χ4v) is 3.32. The Kier molecular flexibility index (Phi) is 8.67. The second-order valence-electron chi connectivity index (χ2n) is 8.05. The van der Waals surface area contributed by atoms with Crippen molar-refractivity contribution in [3.8, 4) is 11.5 Å². The molecule has 0 saturated carbocycles. The SMILES string of the molecule is COc1ccc(OCC(O)CN2CC(C)OC(C)C2)c(C(C)(C)C)c1.Cl. The Bertz CT molecular complexity index is 551. The van der Waals surface area contributed by atoms with Crippen LogP contribution in [-0.4, -0.2) is 61.7 Å². The average molecular weight is 388 g/mol. The van der Waals surface area contributed by atoms with Gasteiger partial charge in [-0.25, -0.2) is 0 Å². The van der Waals surface area contributed by atoms with Gasteiger partial charge in [-0.15, -0.1) is 12.4 Å². The van der Waals surface area contributed by atoms with Crippen molar-refractivity contribution < 1.29 is 19.3 Å². The van der Waals surface area contributed by atoms with Crippen LogP contribution in [0.15, 0.2) is 18.2 Å². The second-order valence-corrected chi connectivity index (χ2v) is 8.05. The number of halogens is 1. The molecule has 0 radical (unpaired) electrons. The molecular weight excluding hydrogens is 354 g/mol. The smallest absolute Gasteiger partial charge is 0.123 e. The van der Waals surface area contributed by atoms with E-state index in [0.717, 1.165) is 30.2 Å². The molecule has 26 heavy (non-hydrogen) atoms. The molecule has 0 spiro atoms. The molecule has 1 N–H and O–H groups in total. The minimum atomic E-state index is -0.535. The minimum Gasteiger partial charge on any atom is -0.497 e. The van der Waals surface area contributed by atoms with Crippen LogP contribution in [0.2, 0.25) is 0 Å². The van der Waals surface area contributed by atoms with Crippen LogP contribution in [0.25, 0.3) is 0 Å². The first-order valence-electron chi connectivity index (χ1n) is 9.06. The van der Waals surface area contributed by atoms with Crippen LogP contribution in [0.3, 0.4) is 0 Å². The highest BCUT2D eigenvalue weighted by atomic mass is 35.5. The summed E-state index contributed by atoms with van der Waals surface area (Å²) in [6.07, 6.45) is -0.135. The van der Waals surface area contributed by atoms with Gasteiger partial charge < -0.3 is 19.3 Å². The Labute approximate surface area is 164 Å². The number of hydrogen-bond acceptors (Lipinski definition) is 5. The monoisotopic (exact) mass is 387 g/mol. The van der Waals surface area contributed by atoms with E-state index in [4.69, 9.17) is 14.2 Å². The van der Waals surface area contributed by atoms with E-state index in [-0.39, 0.29) is 36.6 Å². The highest BCUT2D eigenvalue weighted by Gasteiger charge is 2.25. The number of rotatable bonds is 6. The van der Waals surface area contributed by atoms with Gasteiger partial charge in [0.2, 0.25) is 0 Å². The van der Waals surface area contributed by atoms with Crippen molar-refractivity contribution in [1.82, 2.24) is 4.90 Å². The summed E-state index contributed by atoms with van der Waals surface area (Å²) in [6, 6.07) is 5.82. The Morgan fingerprint density at radius 2 is 1.85 bits per heavy atom. The maximum absolute atomic E-state index is 10.4. The summed E-state index contributed by atoms with van der Waals surface area (Å²) in [4.78, 5) is 2.24. The molecular formula is C20H34ClNO4. The molecule has 1 aliphatic heterocycles. The summed E-state index contributed by atoms with van der Waals surface area (Å²) in [7, 11) is 1.66. The van der Waals surface area contributed by atoms with E-state index < -0.39 is 6.10 Å². The number of morpholine rings is 1. The van der Waals surface area contributed by atoms with E-state index in [1.54, 1.807) is 7.11 Å². The van der Waals surface area contributed by atoms with E-state index in [0.29, 0.717) is 6.54 Å². The van der Waals surface area contributed by atoms with Crippen molar-refractivity contribution in [3.63, 3.8) is 0 Å². The third-order valence-corrected chi connectivity index (χ3v) is 4.39. The molecule has 0 amide bonds. The van der Waals surface area contributed by atoms with Gasteiger partial charge in [0.15, 0.2) is 0 Å². The van der Waals surface area contributed by atoms with E-state index in [1.165, 1.54) is 0 Å². The quantitative estimate of drug-likeness (QED) is 0.811. The number of β-amino-alcohol motifs (C(OH)–C–C–N with tert-alkyl or cyclic N) is 1. The van der Waals surface area contributed by atoms with Crippen LogP contribution < -0.4 is 9.47 Å². The summed E-state index contributed by atoms with van der Waals surface area (Å²) in [5.41, 5.74) is 1.01. The van der Waals surface area contributed by atoms with E-state index in [2.05, 4.69) is 39.5 Å². The molecule has 0 bridgehead atoms. The molecule has 6 heteroatoms. The highest BCUT2D eigenvalue weighted by molar-refractivity contribution is 5.85. The van der Waals surface area contributed by atoms with Crippen LogP contribution in [0, 0.1) is 0 Å². The van der Waals surface area contributed by atoms with Crippen LogP contribution in [0.1, 0.15) is 40.2 Å². The zero-order chi connectivity index (χ0) is 18.6. The second kappa shape index (κ2) is 9.79. The van der Waals surface area contributed by atoms with Crippen LogP contribution in [0.4, 0.5) is 0 Å². The lowest BCUT2D eigenvalue weighted by molar-refractivity contribution is -0.0787. The summed E-state index contributed by atoms with van der Waals surface area (Å²) in [5, 5.41) is 10.4. The Balaban J connectivity index is 0.00000338. The van der Waals surface area contributed by atoms with Gasteiger partial charge in [-0.3, -0.25) is 4.90 Å². The number of aliphatic hydroxyl groups excluding tert-OH is 1. The van der Waals surface area contributed by atoms with Gasteiger partial charge in [0, 0.05) is 25.2 Å². The molecule has 0 aliphatic carbocycles. The third-order valence-electron chi connectivity index (χ3n) is 4.39. The minimum absolute atomic E-state index is 0. The zero-order valence-electron chi connectivity index (χ0n) is 16.8. The van der Waals surface area contributed by atoms with Crippen LogP contribution in [0.5, 0.6) is 11.5 Å². The Hall–Kier alpha value is -1.01. The normalized spacial score (nSPS) is 22.4. The number of nitrogens with zero attached hydrogens (tertiary/aromatic N) is 1. The highest BCUT2D eigenvalue weighted by Crippen LogP contribution is 2.34. The molecule has 0 aromatic heterocycles. The molecule has 3 unspecified atom stereocenters. The molecule has 5 nitrogen and oxygen atoms in total. The number of aliphatic hydroxyl groups is 1. The van der Waals surface area contributed by atoms with Gasteiger partial charge >= 0.3 is 0 Å². The average Bonchev–Trinajstić information content (AvgIpc) is 2.50.